The zero-order valence-corrected chi connectivity index (χ0v) is 10.1. The molecule has 1 N–H and O–H groups in total. The lowest BCUT2D eigenvalue weighted by molar-refractivity contribution is 0.730. The minimum Gasteiger partial charge on any atom is -0.313 e. The minimum absolute atomic E-state index is 0.962. The number of thiophene rings is 1. The highest BCUT2D eigenvalue weighted by atomic mass is 79.9. The third-order valence-electron chi connectivity index (χ3n) is 1.56. The van der Waals surface area contributed by atoms with Gasteiger partial charge in [-0.05, 0) is 41.0 Å². The summed E-state index contributed by atoms with van der Waals surface area (Å²) in [6, 6.07) is 2.13. The molecule has 13 heavy (non-hydrogen) atoms. The lowest BCUT2D eigenvalue weighted by Crippen LogP contribution is -2.13. The molecule has 0 atom stereocenters. The number of rotatable bonds is 5. The van der Waals surface area contributed by atoms with Crippen molar-refractivity contribution in [1.29, 1.82) is 0 Å². The van der Waals surface area contributed by atoms with Crippen LogP contribution >= 0.6 is 27.3 Å². The van der Waals surface area contributed by atoms with Crippen LogP contribution in [0, 0.1) is 0 Å². The summed E-state index contributed by atoms with van der Waals surface area (Å²) >= 11 is 5.18. The number of hydrogen-bond acceptors (Lipinski definition) is 2. The Balaban J connectivity index is 2.24. The molecule has 1 rings (SSSR count). The van der Waals surface area contributed by atoms with Crippen molar-refractivity contribution in [2.75, 3.05) is 13.1 Å². The molecule has 0 saturated carbocycles. The highest BCUT2D eigenvalue weighted by Gasteiger charge is 1.90. The standard InChI is InChI=1S/C10H14BrNS/c1-2-5-12-6-3-4-10-7-9(11)8-13-10/h3-4,7-8,12H,2,5-6H2,1H3. The second-order valence-corrected chi connectivity index (χ2v) is 4.63. The van der Waals surface area contributed by atoms with E-state index in [2.05, 4.69) is 51.8 Å². The van der Waals surface area contributed by atoms with Crippen molar-refractivity contribution in [3.63, 3.8) is 0 Å². The Morgan fingerprint density at radius 3 is 3.08 bits per heavy atom. The first kappa shape index (κ1) is 11.0. The van der Waals surface area contributed by atoms with E-state index in [0.29, 0.717) is 0 Å². The van der Waals surface area contributed by atoms with Crippen molar-refractivity contribution in [1.82, 2.24) is 5.32 Å². The van der Waals surface area contributed by atoms with Crippen LogP contribution in [-0.4, -0.2) is 13.1 Å². The zero-order valence-electron chi connectivity index (χ0n) is 7.72. The van der Waals surface area contributed by atoms with E-state index in [4.69, 9.17) is 0 Å². The van der Waals surface area contributed by atoms with E-state index in [-0.39, 0.29) is 0 Å². The van der Waals surface area contributed by atoms with Gasteiger partial charge in [0.25, 0.3) is 0 Å². The predicted molar refractivity (Wildman–Crippen MR) is 64.2 cm³/mol. The number of nitrogens with one attached hydrogen (secondary N) is 1. The van der Waals surface area contributed by atoms with Crippen LogP contribution in [0.15, 0.2) is 22.0 Å². The molecule has 0 aliphatic carbocycles. The Labute approximate surface area is 92.0 Å². The molecular weight excluding hydrogens is 246 g/mol. The van der Waals surface area contributed by atoms with Gasteiger partial charge in [0, 0.05) is 21.3 Å². The Bertz CT molecular complexity index is 268. The van der Waals surface area contributed by atoms with Crippen molar-refractivity contribution >= 4 is 33.3 Å². The molecule has 1 nitrogen and oxygen atoms in total. The van der Waals surface area contributed by atoms with E-state index in [0.717, 1.165) is 13.1 Å². The molecule has 1 aromatic heterocycles. The average Bonchev–Trinajstić information content (AvgIpc) is 2.51. The quantitative estimate of drug-likeness (QED) is 0.799. The molecule has 3 heteroatoms. The van der Waals surface area contributed by atoms with Crippen molar-refractivity contribution in [3.8, 4) is 0 Å². The highest BCUT2D eigenvalue weighted by Crippen LogP contribution is 2.20. The van der Waals surface area contributed by atoms with Crippen LogP contribution in [0.5, 0.6) is 0 Å². The molecule has 0 amide bonds. The minimum atomic E-state index is 0.962. The van der Waals surface area contributed by atoms with Gasteiger partial charge in [-0.2, -0.15) is 0 Å². The monoisotopic (exact) mass is 259 g/mol. The second-order valence-electron chi connectivity index (χ2n) is 2.77. The van der Waals surface area contributed by atoms with Crippen molar-refractivity contribution < 1.29 is 0 Å². The maximum atomic E-state index is 3.43. The Morgan fingerprint density at radius 1 is 1.62 bits per heavy atom. The Morgan fingerprint density at radius 2 is 2.46 bits per heavy atom. The predicted octanol–water partition coefficient (Wildman–Crippen LogP) is 3.52. The summed E-state index contributed by atoms with van der Waals surface area (Å²) < 4.78 is 1.17. The fourth-order valence-corrected chi connectivity index (χ4v) is 2.32. The highest BCUT2D eigenvalue weighted by molar-refractivity contribution is 9.10. The maximum Gasteiger partial charge on any atom is 0.0288 e. The van der Waals surface area contributed by atoms with Crippen LogP contribution < -0.4 is 5.32 Å². The van der Waals surface area contributed by atoms with Crippen molar-refractivity contribution in [3.05, 3.63) is 26.9 Å². The van der Waals surface area contributed by atoms with E-state index >= 15 is 0 Å². The third-order valence-corrected chi connectivity index (χ3v) is 3.22. The molecule has 0 bridgehead atoms. The zero-order chi connectivity index (χ0) is 9.52. The van der Waals surface area contributed by atoms with Crippen LogP contribution in [0.2, 0.25) is 0 Å². The summed E-state index contributed by atoms with van der Waals surface area (Å²) in [5.41, 5.74) is 0. The van der Waals surface area contributed by atoms with E-state index < -0.39 is 0 Å². The Hall–Kier alpha value is -0.120. The first-order chi connectivity index (χ1) is 6.33. The second kappa shape index (κ2) is 6.35. The van der Waals surface area contributed by atoms with Gasteiger partial charge >= 0.3 is 0 Å². The van der Waals surface area contributed by atoms with Crippen molar-refractivity contribution in [2.24, 2.45) is 0 Å². The van der Waals surface area contributed by atoms with Gasteiger partial charge in [0.2, 0.25) is 0 Å². The van der Waals surface area contributed by atoms with E-state index in [1.54, 1.807) is 11.3 Å². The normalized spacial score (nSPS) is 11.2. The number of hydrogen-bond donors (Lipinski definition) is 1. The van der Waals surface area contributed by atoms with Crippen LogP contribution in [0.3, 0.4) is 0 Å². The smallest absolute Gasteiger partial charge is 0.0288 e. The van der Waals surface area contributed by atoms with Gasteiger partial charge in [-0.25, -0.2) is 0 Å². The Kier molecular flexibility index (Phi) is 5.35. The SMILES string of the molecule is CCCNCC=Cc1cc(Br)cs1. The fraction of sp³-hybridized carbons (Fsp3) is 0.400. The molecule has 0 radical (unpaired) electrons. The fourth-order valence-electron chi connectivity index (χ4n) is 0.953. The van der Waals surface area contributed by atoms with Gasteiger partial charge in [-0.3, -0.25) is 0 Å². The molecular formula is C10H14BrNS. The lowest BCUT2D eigenvalue weighted by atomic mass is 10.4. The lowest BCUT2D eigenvalue weighted by Gasteiger charge is -1.95. The summed E-state index contributed by atoms with van der Waals surface area (Å²) in [5, 5.41) is 5.41. The molecule has 1 heterocycles. The molecule has 0 fully saturated rings. The summed E-state index contributed by atoms with van der Waals surface area (Å²) in [7, 11) is 0. The van der Waals surface area contributed by atoms with Crippen LogP contribution in [0.25, 0.3) is 6.08 Å². The molecule has 1 aromatic rings. The maximum absolute atomic E-state index is 3.43. The van der Waals surface area contributed by atoms with Gasteiger partial charge in [0.05, 0.1) is 0 Å². The molecule has 0 aliphatic rings. The first-order valence-corrected chi connectivity index (χ1v) is 6.11. The van der Waals surface area contributed by atoms with Gasteiger partial charge in [0.15, 0.2) is 0 Å². The van der Waals surface area contributed by atoms with E-state index in [1.807, 2.05) is 0 Å². The third kappa shape index (κ3) is 4.60. The molecule has 0 spiro atoms. The van der Waals surface area contributed by atoms with Crippen LogP contribution in [0.1, 0.15) is 18.2 Å². The summed E-state index contributed by atoms with van der Waals surface area (Å²) in [5.74, 6) is 0. The van der Waals surface area contributed by atoms with Gasteiger partial charge in [0.1, 0.15) is 0 Å². The van der Waals surface area contributed by atoms with Crippen LogP contribution in [-0.2, 0) is 0 Å². The summed E-state index contributed by atoms with van der Waals surface area (Å²) in [6.45, 7) is 4.23. The molecule has 0 unspecified atom stereocenters. The van der Waals surface area contributed by atoms with E-state index in [1.165, 1.54) is 15.8 Å². The van der Waals surface area contributed by atoms with Gasteiger partial charge < -0.3 is 5.32 Å². The van der Waals surface area contributed by atoms with Gasteiger partial charge in [-0.15, -0.1) is 11.3 Å². The topological polar surface area (TPSA) is 12.0 Å². The summed E-state index contributed by atoms with van der Waals surface area (Å²) in [6.07, 6.45) is 5.50. The number of halogens is 1. The largest absolute Gasteiger partial charge is 0.313 e. The first-order valence-electron chi connectivity index (χ1n) is 4.44. The summed E-state index contributed by atoms with van der Waals surface area (Å²) in [4.78, 5) is 1.30. The van der Waals surface area contributed by atoms with Gasteiger partial charge in [-0.1, -0.05) is 13.0 Å². The van der Waals surface area contributed by atoms with E-state index in [9.17, 15) is 0 Å². The molecule has 72 valence electrons. The average molecular weight is 260 g/mol. The van der Waals surface area contributed by atoms with Crippen molar-refractivity contribution in [2.45, 2.75) is 13.3 Å². The molecule has 0 aliphatic heterocycles. The van der Waals surface area contributed by atoms with Crippen LogP contribution in [0.4, 0.5) is 0 Å². The molecule has 0 saturated heterocycles. The molecule has 0 aromatic carbocycles.